The molecule has 0 N–H and O–H groups in total. The maximum absolute atomic E-state index is 14.3. The number of rotatable bonds is 6. The number of halogens is 1. The lowest BCUT2D eigenvalue weighted by molar-refractivity contribution is -0.132. The Bertz CT molecular complexity index is 1420. The molecule has 0 radical (unpaired) electrons. The van der Waals surface area contributed by atoms with Gasteiger partial charge in [0.05, 0.1) is 6.42 Å². The van der Waals surface area contributed by atoms with Crippen LogP contribution in [0.15, 0.2) is 83.3 Å². The second-order valence-corrected chi connectivity index (χ2v) is 11.4. The zero-order valence-corrected chi connectivity index (χ0v) is 22.9. The number of carbonyl (C=O) groups is 1. The number of carbonyl (C=O) groups excluding carboxylic acids is 1. The molecule has 2 atom stereocenters. The first-order chi connectivity index (χ1) is 18.3. The zero-order valence-electron chi connectivity index (χ0n) is 22.1. The van der Waals surface area contributed by atoms with Gasteiger partial charge in [0.2, 0.25) is 5.91 Å². The summed E-state index contributed by atoms with van der Waals surface area (Å²) >= 11 is 0. The molecule has 0 saturated carbocycles. The predicted molar refractivity (Wildman–Crippen MR) is 153 cm³/mol. The Hall–Kier alpha value is -3.35. The van der Waals surface area contributed by atoms with Crippen molar-refractivity contribution in [3.63, 3.8) is 0 Å². The van der Waals surface area contributed by atoms with Crippen molar-refractivity contribution >= 4 is 33.9 Å². The largest absolute Gasteiger partial charge is 0.340 e. The Morgan fingerprint density at radius 2 is 1.66 bits per heavy atom. The van der Waals surface area contributed by atoms with Crippen molar-refractivity contribution in [2.75, 3.05) is 32.4 Å². The highest BCUT2D eigenvalue weighted by Gasteiger charge is 2.29. The van der Waals surface area contributed by atoms with E-state index in [1.165, 1.54) is 11.6 Å². The number of allylic oxidation sites excluding steroid dienone is 2. The van der Waals surface area contributed by atoms with Crippen LogP contribution < -0.4 is 0 Å². The fourth-order valence-electron chi connectivity index (χ4n) is 5.47. The van der Waals surface area contributed by atoms with E-state index in [4.69, 9.17) is 0 Å². The number of amides is 1. The summed E-state index contributed by atoms with van der Waals surface area (Å²) in [6.45, 7) is 7.26. The maximum atomic E-state index is 14.3. The fourth-order valence-corrected chi connectivity index (χ4v) is 5.99. The molecule has 0 aromatic heterocycles. The Morgan fingerprint density at radius 1 is 0.974 bits per heavy atom. The van der Waals surface area contributed by atoms with Gasteiger partial charge in [0, 0.05) is 54.2 Å². The lowest BCUT2D eigenvalue weighted by atomic mass is 10.0. The van der Waals surface area contributed by atoms with Crippen LogP contribution in [0.2, 0.25) is 0 Å². The third kappa shape index (κ3) is 5.42. The van der Waals surface area contributed by atoms with Crippen molar-refractivity contribution in [1.29, 1.82) is 0 Å². The van der Waals surface area contributed by atoms with E-state index in [0.29, 0.717) is 19.1 Å². The molecule has 38 heavy (non-hydrogen) atoms. The minimum Gasteiger partial charge on any atom is -0.340 e. The summed E-state index contributed by atoms with van der Waals surface area (Å²) in [6.07, 6.45) is 3.98. The van der Waals surface area contributed by atoms with Crippen molar-refractivity contribution in [2.24, 2.45) is 0 Å². The van der Waals surface area contributed by atoms with Crippen molar-refractivity contribution in [2.45, 2.75) is 31.2 Å². The van der Waals surface area contributed by atoms with Crippen LogP contribution in [-0.4, -0.2) is 52.4 Å². The van der Waals surface area contributed by atoms with E-state index in [1.807, 2.05) is 42.2 Å². The van der Waals surface area contributed by atoms with Crippen molar-refractivity contribution < 1.29 is 13.4 Å². The smallest absolute Gasteiger partial charge is 0.227 e. The summed E-state index contributed by atoms with van der Waals surface area (Å²) in [5, 5.41) is 0. The first kappa shape index (κ1) is 26.3. The van der Waals surface area contributed by atoms with E-state index >= 15 is 0 Å². The Labute approximate surface area is 226 Å². The van der Waals surface area contributed by atoms with Gasteiger partial charge in [-0.05, 0) is 83.2 Å². The molecular formula is C32H33FN2O2S. The normalized spacial score (nSPS) is 18.5. The van der Waals surface area contributed by atoms with Gasteiger partial charge in [-0.3, -0.25) is 13.9 Å². The molecule has 3 aromatic rings. The van der Waals surface area contributed by atoms with Crippen LogP contribution in [0.3, 0.4) is 0 Å². The number of hydrogen-bond donors (Lipinski definition) is 0. The van der Waals surface area contributed by atoms with E-state index in [9.17, 15) is 13.4 Å². The number of piperazine rings is 1. The maximum Gasteiger partial charge on any atom is 0.227 e. The molecule has 0 spiro atoms. The van der Waals surface area contributed by atoms with Gasteiger partial charge in [-0.15, -0.1) is 0 Å². The number of benzene rings is 3. The molecule has 2 aliphatic rings. The Morgan fingerprint density at radius 3 is 2.32 bits per heavy atom. The highest BCUT2D eigenvalue weighted by atomic mass is 32.2. The summed E-state index contributed by atoms with van der Waals surface area (Å²) in [4.78, 5) is 18.6. The molecule has 1 amide bonds. The number of nitrogens with zero attached hydrogens (tertiary/aromatic N) is 2. The van der Waals surface area contributed by atoms with Crippen LogP contribution in [-0.2, 0) is 15.6 Å². The molecule has 1 aliphatic carbocycles. The van der Waals surface area contributed by atoms with Gasteiger partial charge in [-0.2, -0.15) is 0 Å². The molecule has 1 aliphatic heterocycles. The van der Waals surface area contributed by atoms with E-state index in [-0.39, 0.29) is 18.1 Å². The summed E-state index contributed by atoms with van der Waals surface area (Å²) < 4.78 is 26.1. The summed E-state index contributed by atoms with van der Waals surface area (Å²) in [5.74, 6) is -0.223. The molecule has 6 heteroatoms. The average molecular weight is 529 g/mol. The molecule has 4 nitrogen and oxygen atoms in total. The Balaban J connectivity index is 1.34. The predicted octanol–water partition coefficient (Wildman–Crippen LogP) is 6.19. The summed E-state index contributed by atoms with van der Waals surface area (Å²) in [7, 11) is -1.03. The molecule has 1 heterocycles. The van der Waals surface area contributed by atoms with Crippen LogP contribution >= 0.6 is 0 Å². The molecule has 2 unspecified atom stereocenters. The third-order valence-corrected chi connectivity index (χ3v) is 8.74. The second-order valence-electron chi connectivity index (χ2n) is 10.1. The van der Waals surface area contributed by atoms with Gasteiger partial charge >= 0.3 is 0 Å². The lowest BCUT2D eigenvalue weighted by Crippen LogP contribution is -2.49. The zero-order chi connectivity index (χ0) is 26.8. The molecular weight excluding hydrogens is 495 g/mol. The first-order valence-corrected chi connectivity index (χ1v) is 14.6. The molecule has 5 rings (SSSR count). The minimum absolute atomic E-state index is 0.0811. The van der Waals surface area contributed by atoms with E-state index in [1.54, 1.807) is 18.4 Å². The van der Waals surface area contributed by atoms with Crippen molar-refractivity contribution in [3.05, 3.63) is 106 Å². The van der Waals surface area contributed by atoms with Crippen LogP contribution in [0.25, 0.3) is 17.2 Å². The van der Waals surface area contributed by atoms with Gasteiger partial charge in [-0.1, -0.05) is 48.5 Å². The van der Waals surface area contributed by atoms with Crippen LogP contribution in [0, 0.1) is 5.82 Å². The fraction of sp³-hybridized carbons (Fsp3) is 0.281. The summed E-state index contributed by atoms with van der Waals surface area (Å²) in [5.41, 5.74) is 6.88. The van der Waals surface area contributed by atoms with E-state index in [2.05, 4.69) is 42.2 Å². The monoisotopic (exact) mass is 528 g/mol. The van der Waals surface area contributed by atoms with E-state index < -0.39 is 10.8 Å². The summed E-state index contributed by atoms with van der Waals surface area (Å²) in [6, 6.07) is 23.2. The van der Waals surface area contributed by atoms with E-state index in [0.717, 1.165) is 51.4 Å². The van der Waals surface area contributed by atoms with Gasteiger partial charge in [0.1, 0.15) is 5.82 Å². The van der Waals surface area contributed by atoms with Gasteiger partial charge in [0.15, 0.2) is 0 Å². The standard InChI is InChI=1S/C32H33FN2O2S/c1-22-29(19-24-9-12-27(13-10-24)38(3)37)28-14-11-26(33)20-31(28)30(22)21-32(36)35-17-15-34(16-18-35)23(2)25-7-5-4-6-8-25/h4-14,19-20,23H,15-18,21H2,1-3H3. The third-order valence-electron chi connectivity index (χ3n) is 7.80. The second kappa shape index (κ2) is 11.2. The van der Waals surface area contributed by atoms with Gasteiger partial charge < -0.3 is 4.90 Å². The molecule has 0 bridgehead atoms. The highest BCUT2D eigenvalue weighted by molar-refractivity contribution is 7.84. The van der Waals surface area contributed by atoms with Crippen molar-refractivity contribution in [1.82, 2.24) is 9.80 Å². The van der Waals surface area contributed by atoms with Crippen LogP contribution in [0.5, 0.6) is 0 Å². The van der Waals surface area contributed by atoms with Crippen LogP contribution in [0.4, 0.5) is 4.39 Å². The minimum atomic E-state index is -1.03. The SMILES string of the molecule is CC1=C(CC(=O)N2CCN(C(C)c3ccccc3)CC2)c2cc(F)ccc2C1=Cc1ccc(S(C)=O)cc1. The molecule has 1 fully saturated rings. The quantitative estimate of drug-likeness (QED) is 0.383. The Kier molecular flexibility index (Phi) is 7.73. The van der Waals surface area contributed by atoms with Gasteiger partial charge in [-0.25, -0.2) is 4.39 Å². The topological polar surface area (TPSA) is 40.6 Å². The number of fused-ring (bicyclic) bond motifs is 1. The average Bonchev–Trinajstić information content (AvgIpc) is 3.18. The molecule has 1 saturated heterocycles. The molecule has 196 valence electrons. The molecule has 3 aromatic carbocycles. The first-order valence-electron chi connectivity index (χ1n) is 13.0. The highest BCUT2D eigenvalue weighted by Crippen LogP contribution is 2.44. The van der Waals surface area contributed by atoms with Crippen molar-refractivity contribution in [3.8, 4) is 0 Å². The lowest BCUT2D eigenvalue weighted by Gasteiger charge is -2.38. The van der Waals surface area contributed by atoms with Crippen LogP contribution in [0.1, 0.15) is 48.6 Å². The number of hydrogen-bond acceptors (Lipinski definition) is 3. The van der Waals surface area contributed by atoms with Gasteiger partial charge in [0.25, 0.3) is 0 Å².